The number of ether oxygens (including phenoxy) is 1. The lowest BCUT2D eigenvalue weighted by atomic mass is 9.69. The molecule has 2 saturated heterocycles. The number of amides is 1. The van der Waals surface area contributed by atoms with Crippen molar-refractivity contribution in [2.24, 2.45) is 5.41 Å². The van der Waals surface area contributed by atoms with E-state index in [0.29, 0.717) is 0 Å². The molecule has 0 N–H and O–H groups in total. The van der Waals surface area contributed by atoms with Crippen LogP contribution in [0.4, 0.5) is 18.9 Å². The van der Waals surface area contributed by atoms with Gasteiger partial charge in [-0.25, -0.2) is 5.01 Å². The van der Waals surface area contributed by atoms with Crippen LogP contribution in [-0.2, 0) is 14.3 Å². The first-order valence-corrected chi connectivity index (χ1v) is 9.67. The minimum Gasteiger partial charge on any atom is -0.468 e. The van der Waals surface area contributed by atoms with Crippen molar-refractivity contribution in [2.45, 2.75) is 24.7 Å². The van der Waals surface area contributed by atoms with Crippen LogP contribution >= 0.6 is 0 Å². The second-order valence-corrected chi connectivity index (χ2v) is 7.57. The Labute approximate surface area is 180 Å². The second-order valence-electron chi connectivity index (χ2n) is 7.57. The maximum Gasteiger partial charge on any atom is 0.409 e. The molecule has 32 heavy (non-hydrogen) atoms. The van der Waals surface area contributed by atoms with Gasteiger partial charge in [0, 0.05) is 25.1 Å². The molecule has 168 valence electrons. The van der Waals surface area contributed by atoms with E-state index >= 15 is 0 Å². The molecule has 2 aliphatic rings. The molecule has 0 saturated carbocycles. The van der Waals surface area contributed by atoms with Gasteiger partial charge in [0.1, 0.15) is 6.04 Å². The highest BCUT2D eigenvalue weighted by molar-refractivity contribution is 5.86. The summed E-state index contributed by atoms with van der Waals surface area (Å²) in [5.74, 6) is -2.12. The quantitative estimate of drug-likeness (QED) is 0.403. The predicted octanol–water partition coefficient (Wildman–Crippen LogP) is 3.56. The van der Waals surface area contributed by atoms with Crippen LogP contribution in [0.5, 0.6) is 0 Å². The van der Waals surface area contributed by atoms with Gasteiger partial charge in [0.05, 0.1) is 18.1 Å². The van der Waals surface area contributed by atoms with Crippen LogP contribution in [0.2, 0.25) is 0 Å². The molecule has 0 radical (unpaired) electrons. The molecule has 2 aromatic rings. The van der Waals surface area contributed by atoms with Gasteiger partial charge in [0.25, 0.3) is 5.69 Å². The van der Waals surface area contributed by atoms with Crippen molar-refractivity contribution < 1.29 is 32.4 Å². The number of alkyl halides is 3. The third-order valence-electron chi connectivity index (χ3n) is 6.02. The van der Waals surface area contributed by atoms with Crippen molar-refractivity contribution in [3.63, 3.8) is 0 Å². The molecule has 0 spiro atoms. The number of hydrogen-bond acceptors (Lipinski definition) is 6. The van der Waals surface area contributed by atoms with Gasteiger partial charge in [-0.1, -0.05) is 42.5 Å². The van der Waals surface area contributed by atoms with E-state index in [1.807, 2.05) is 0 Å². The lowest BCUT2D eigenvalue weighted by Gasteiger charge is -2.38. The van der Waals surface area contributed by atoms with Gasteiger partial charge >= 0.3 is 12.1 Å². The zero-order valence-corrected chi connectivity index (χ0v) is 16.8. The molecule has 2 fully saturated rings. The molecule has 2 aliphatic heterocycles. The standard InChI is InChI=1S/C21H18F3N3O5/c1-32-19(29)20(21(22,23)24)17(13-5-3-2-4-6-13)25-12-11-16(28)26(25)18(20)14-7-9-15(10-8-14)27(30)31/h2-10,17-18H,11-12H2,1H3/t17-,18-,20-/m0/s1. The average Bonchev–Trinajstić information content (AvgIpc) is 3.29. The normalized spacial score (nSPS) is 25.6. The highest BCUT2D eigenvalue weighted by Gasteiger charge is 2.78. The van der Waals surface area contributed by atoms with Gasteiger partial charge in [-0.3, -0.25) is 24.7 Å². The first kappa shape index (κ1) is 21.8. The summed E-state index contributed by atoms with van der Waals surface area (Å²) in [6.07, 6.45) is -5.15. The fourth-order valence-electron chi connectivity index (χ4n) is 4.77. The Kier molecular flexibility index (Phi) is 5.16. The monoisotopic (exact) mass is 449 g/mol. The number of methoxy groups -OCH3 is 1. The van der Waals surface area contributed by atoms with Gasteiger partial charge in [-0.2, -0.15) is 13.2 Å². The highest BCUT2D eigenvalue weighted by atomic mass is 19.4. The van der Waals surface area contributed by atoms with E-state index < -0.39 is 40.5 Å². The molecule has 8 nitrogen and oxygen atoms in total. The van der Waals surface area contributed by atoms with Gasteiger partial charge < -0.3 is 4.74 Å². The van der Waals surface area contributed by atoms with E-state index in [9.17, 15) is 32.9 Å². The van der Waals surface area contributed by atoms with E-state index in [1.165, 1.54) is 17.1 Å². The first-order valence-electron chi connectivity index (χ1n) is 9.67. The molecule has 0 aromatic heterocycles. The number of nitrogens with zero attached hydrogens (tertiary/aromatic N) is 3. The van der Waals surface area contributed by atoms with Crippen LogP contribution < -0.4 is 0 Å². The molecular weight excluding hydrogens is 431 g/mol. The Morgan fingerprint density at radius 2 is 1.69 bits per heavy atom. The number of carbonyl (C=O) groups excluding carboxylic acids is 2. The molecule has 1 amide bonds. The Hall–Kier alpha value is -3.47. The van der Waals surface area contributed by atoms with E-state index in [0.717, 1.165) is 36.4 Å². The average molecular weight is 449 g/mol. The lowest BCUT2D eigenvalue weighted by Crippen LogP contribution is -2.53. The van der Waals surface area contributed by atoms with Crippen molar-refractivity contribution in [1.29, 1.82) is 0 Å². The zero-order chi connectivity index (χ0) is 23.3. The molecule has 2 aromatic carbocycles. The molecule has 4 rings (SSSR count). The number of carbonyl (C=O) groups is 2. The van der Waals surface area contributed by atoms with Crippen LogP contribution in [0.1, 0.15) is 29.6 Å². The van der Waals surface area contributed by atoms with Crippen molar-refractivity contribution in [2.75, 3.05) is 13.7 Å². The van der Waals surface area contributed by atoms with Crippen LogP contribution in [0, 0.1) is 15.5 Å². The summed E-state index contributed by atoms with van der Waals surface area (Å²) in [6.45, 7) is -0.0172. The Morgan fingerprint density at radius 1 is 1.09 bits per heavy atom. The summed E-state index contributed by atoms with van der Waals surface area (Å²) in [5.41, 5.74) is -3.35. The van der Waals surface area contributed by atoms with Crippen molar-refractivity contribution in [1.82, 2.24) is 10.0 Å². The van der Waals surface area contributed by atoms with Crippen LogP contribution in [-0.4, -0.2) is 46.6 Å². The number of hydrogen-bond donors (Lipinski definition) is 0. The van der Waals surface area contributed by atoms with E-state index in [2.05, 4.69) is 0 Å². The zero-order valence-electron chi connectivity index (χ0n) is 16.8. The summed E-state index contributed by atoms with van der Waals surface area (Å²) in [4.78, 5) is 36.2. The van der Waals surface area contributed by atoms with Crippen molar-refractivity contribution in [3.8, 4) is 0 Å². The number of halogens is 3. The number of esters is 1. The minimum absolute atomic E-state index is 0.0172. The molecule has 0 aliphatic carbocycles. The van der Waals surface area contributed by atoms with E-state index in [4.69, 9.17) is 4.74 Å². The molecule has 3 atom stereocenters. The van der Waals surface area contributed by atoms with E-state index in [1.54, 1.807) is 18.2 Å². The number of non-ortho nitro benzene ring substituents is 1. The third-order valence-corrected chi connectivity index (χ3v) is 6.02. The number of fused-ring (bicyclic) bond motifs is 1. The highest BCUT2D eigenvalue weighted by Crippen LogP contribution is 2.65. The first-order chi connectivity index (χ1) is 15.1. The summed E-state index contributed by atoms with van der Waals surface area (Å²) >= 11 is 0. The lowest BCUT2D eigenvalue weighted by molar-refractivity contribution is -0.384. The van der Waals surface area contributed by atoms with Gasteiger partial charge in [0.15, 0.2) is 0 Å². The Balaban J connectivity index is 2.03. The van der Waals surface area contributed by atoms with E-state index in [-0.39, 0.29) is 29.8 Å². The fraction of sp³-hybridized carbons (Fsp3) is 0.333. The molecular formula is C21H18F3N3O5. The summed E-state index contributed by atoms with van der Waals surface area (Å²) in [7, 11) is 0.866. The predicted molar refractivity (Wildman–Crippen MR) is 104 cm³/mol. The third kappa shape index (κ3) is 2.95. The molecule has 11 heteroatoms. The maximum absolute atomic E-state index is 15.0. The summed E-state index contributed by atoms with van der Waals surface area (Å²) < 4.78 is 49.7. The van der Waals surface area contributed by atoms with Crippen LogP contribution in [0.3, 0.4) is 0 Å². The van der Waals surface area contributed by atoms with Crippen molar-refractivity contribution >= 4 is 17.6 Å². The number of benzene rings is 2. The topological polar surface area (TPSA) is 93.0 Å². The number of hydrazine groups is 1. The number of nitro benzene ring substituents is 1. The molecule has 2 heterocycles. The Bertz CT molecular complexity index is 1060. The van der Waals surface area contributed by atoms with Crippen LogP contribution in [0.15, 0.2) is 54.6 Å². The Morgan fingerprint density at radius 3 is 2.22 bits per heavy atom. The molecule has 0 unspecified atom stereocenters. The molecule has 0 bridgehead atoms. The van der Waals surface area contributed by atoms with Gasteiger partial charge in [0.2, 0.25) is 11.3 Å². The maximum atomic E-state index is 15.0. The second kappa shape index (κ2) is 7.59. The number of rotatable bonds is 4. The van der Waals surface area contributed by atoms with Crippen molar-refractivity contribution in [3.05, 3.63) is 75.8 Å². The smallest absolute Gasteiger partial charge is 0.409 e. The van der Waals surface area contributed by atoms with Gasteiger partial charge in [-0.15, -0.1) is 0 Å². The SMILES string of the molecule is COC(=O)[C@]1(C(F)(F)F)[C@H](c2ccccc2)N2CCC(=O)N2[C@H]1c1ccc([N+](=O)[O-])cc1. The number of nitro groups is 1. The summed E-state index contributed by atoms with van der Waals surface area (Å²) in [6, 6.07) is 8.69. The van der Waals surface area contributed by atoms with Crippen LogP contribution in [0.25, 0.3) is 0 Å². The largest absolute Gasteiger partial charge is 0.468 e. The van der Waals surface area contributed by atoms with Gasteiger partial charge in [-0.05, 0) is 11.1 Å². The minimum atomic E-state index is -5.13. The summed E-state index contributed by atoms with van der Waals surface area (Å²) in [5, 5.41) is 13.2. The fourth-order valence-corrected chi connectivity index (χ4v) is 4.77.